The van der Waals surface area contributed by atoms with Gasteiger partial charge in [0.25, 0.3) is 5.91 Å². The fourth-order valence-corrected chi connectivity index (χ4v) is 3.52. The number of hydrogen-bond acceptors (Lipinski definition) is 5. The quantitative estimate of drug-likeness (QED) is 0.856. The first-order chi connectivity index (χ1) is 11.2. The molecule has 2 aliphatic rings. The van der Waals surface area contributed by atoms with E-state index in [0.29, 0.717) is 5.56 Å². The lowest BCUT2D eigenvalue weighted by atomic mass is 9.77. The number of carbonyl (C=O) groups is 1. The monoisotopic (exact) mass is 310 g/mol. The van der Waals surface area contributed by atoms with Crippen molar-refractivity contribution in [3.8, 4) is 0 Å². The highest BCUT2D eigenvalue weighted by molar-refractivity contribution is 5.94. The summed E-state index contributed by atoms with van der Waals surface area (Å²) < 4.78 is 5.94. The zero-order valence-corrected chi connectivity index (χ0v) is 12.8. The molecule has 0 saturated carbocycles. The first-order valence-corrected chi connectivity index (χ1v) is 7.79. The average molecular weight is 310 g/mol. The second-order valence-corrected chi connectivity index (χ2v) is 6.49. The molecule has 1 atom stereocenters. The van der Waals surface area contributed by atoms with Crippen LogP contribution in [0.15, 0.2) is 43.2 Å². The van der Waals surface area contributed by atoms with E-state index in [0.717, 1.165) is 38.1 Å². The van der Waals surface area contributed by atoms with E-state index in [-0.39, 0.29) is 17.4 Å². The molecule has 2 aliphatic heterocycles. The van der Waals surface area contributed by atoms with Crippen molar-refractivity contribution in [2.24, 2.45) is 5.41 Å². The number of aromatic nitrogens is 3. The summed E-state index contributed by atoms with van der Waals surface area (Å²) in [5.41, 5.74) is 1.87. The van der Waals surface area contributed by atoms with Crippen LogP contribution in [0, 0.1) is 5.41 Å². The van der Waals surface area contributed by atoms with Crippen LogP contribution in [0.25, 0.3) is 0 Å². The Bertz CT molecular complexity index is 686. The Hall–Kier alpha value is -2.34. The van der Waals surface area contributed by atoms with E-state index in [4.69, 9.17) is 4.74 Å². The van der Waals surface area contributed by atoms with Crippen molar-refractivity contribution in [2.75, 3.05) is 19.7 Å². The van der Waals surface area contributed by atoms with E-state index in [1.54, 1.807) is 18.5 Å². The van der Waals surface area contributed by atoms with E-state index < -0.39 is 0 Å². The molecule has 0 aromatic carbocycles. The highest BCUT2D eigenvalue weighted by Gasteiger charge is 2.50. The number of hydrogen-bond donors (Lipinski definition) is 0. The molecular weight excluding hydrogens is 292 g/mol. The molecule has 6 heteroatoms. The van der Waals surface area contributed by atoms with Crippen molar-refractivity contribution in [1.82, 2.24) is 19.9 Å². The van der Waals surface area contributed by atoms with Gasteiger partial charge in [-0.05, 0) is 24.1 Å². The fourth-order valence-electron chi connectivity index (χ4n) is 3.52. The van der Waals surface area contributed by atoms with Gasteiger partial charge < -0.3 is 9.64 Å². The number of pyridine rings is 1. The van der Waals surface area contributed by atoms with E-state index in [1.807, 2.05) is 23.4 Å². The molecule has 0 N–H and O–H groups in total. The summed E-state index contributed by atoms with van der Waals surface area (Å²) in [6.07, 6.45) is 10.5. The molecule has 0 unspecified atom stereocenters. The Morgan fingerprint density at radius 2 is 2.09 bits per heavy atom. The lowest BCUT2D eigenvalue weighted by Gasteiger charge is -2.47. The maximum Gasteiger partial charge on any atom is 0.255 e. The van der Waals surface area contributed by atoms with Crippen LogP contribution in [0.5, 0.6) is 0 Å². The van der Waals surface area contributed by atoms with Gasteiger partial charge in [-0.15, -0.1) is 0 Å². The molecule has 0 bridgehead atoms. The SMILES string of the molecule is O=C(c1cccnc1)N1CC2(CO[C@@H](Cc3cncnc3)C2)C1. The van der Waals surface area contributed by atoms with Crippen LogP contribution in [0.4, 0.5) is 0 Å². The Morgan fingerprint density at radius 3 is 2.83 bits per heavy atom. The minimum absolute atomic E-state index is 0.0589. The van der Waals surface area contributed by atoms with Gasteiger partial charge in [0.15, 0.2) is 0 Å². The summed E-state index contributed by atoms with van der Waals surface area (Å²) in [6.45, 7) is 2.26. The molecule has 1 amide bonds. The van der Waals surface area contributed by atoms with Crippen LogP contribution >= 0.6 is 0 Å². The predicted octanol–water partition coefficient (Wildman–Crippen LogP) is 1.35. The van der Waals surface area contributed by atoms with Gasteiger partial charge in [0.05, 0.1) is 18.3 Å². The molecule has 0 aliphatic carbocycles. The average Bonchev–Trinajstić information content (AvgIpc) is 2.99. The molecule has 4 heterocycles. The first kappa shape index (κ1) is 14.3. The zero-order valence-electron chi connectivity index (χ0n) is 12.8. The van der Waals surface area contributed by atoms with E-state index in [9.17, 15) is 4.79 Å². The molecular formula is C17H18N4O2. The fraction of sp³-hybridized carbons (Fsp3) is 0.412. The summed E-state index contributed by atoms with van der Waals surface area (Å²) in [5, 5.41) is 0. The van der Waals surface area contributed by atoms with Gasteiger partial charge in [-0.25, -0.2) is 9.97 Å². The molecule has 23 heavy (non-hydrogen) atoms. The molecule has 1 spiro atoms. The number of likely N-dealkylation sites (tertiary alicyclic amines) is 1. The lowest BCUT2D eigenvalue weighted by molar-refractivity contribution is -0.00136. The summed E-state index contributed by atoms with van der Waals surface area (Å²) in [7, 11) is 0. The minimum Gasteiger partial charge on any atom is -0.377 e. The van der Waals surface area contributed by atoms with Crippen LogP contribution in [-0.2, 0) is 11.2 Å². The van der Waals surface area contributed by atoms with Crippen LogP contribution in [0.2, 0.25) is 0 Å². The summed E-state index contributed by atoms with van der Waals surface area (Å²) in [5.74, 6) is 0.0589. The molecule has 2 aromatic rings. The number of rotatable bonds is 3. The standard InChI is InChI=1S/C17H18N4O2/c22-16(14-2-1-3-18-8-14)21-9-17(10-21)5-15(23-11-17)4-13-6-19-12-20-7-13/h1-3,6-8,12,15H,4-5,9-11H2/t15-/m0/s1. The van der Waals surface area contributed by atoms with Crippen molar-refractivity contribution >= 4 is 5.91 Å². The van der Waals surface area contributed by atoms with Crippen LogP contribution in [0.1, 0.15) is 22.3 Å². The van der Waals surface area contributed by atoms with E-state index in [1.165, 1.54) is 6.33 Å². The smallest absolute Gasteiger partial charge is 0.255 e. The Balaban J connectivity index is 1.34. The number of ether oxygens (including phenoxy) is 1. The van der Waals surface area contributed by atoms with E-state index >= 15 is 0 Å². The third kappa shape index (κ3) is 2.82. The van der Waals surface area contributed by atoms with Crippen molar-refractivity contribution in [3.05, 3.63) is 54.4 Å². The van der Waals surface area contributed by atoms with Gasteiger partial charge in [0.1, 0.15) is 6.33 Å². The Labute approximate surface area is 134 Å². The maximum atomic E-state index is 12.4. The molecule has 0 radical (unpaired) electrons. The highest BCUT2D eigenvalue weighted by atomic mass is 16.5. The molecule has 2 aromatic heterocycles. The third-order valence-corrected chi connectivity index (χ3v) is 4.61. The van der Waals surface area contributed by atoms with Gasteiger partial charge in [0, 0.05) is 49.7 Å². The highest BCUT2D eigenvalue weighted by Crippen LogP contribution is 2.42. The molecule has 118 valence electrons. The van der Waals surface area contributed by atoms with Crippen molar-refractivity contribution in [2.45, 2.75) is 18.9 Å². The molecule has 2 fully saturated rings. The van der Waals surface area contributed by atoms with Crippen LogP contribution < -0.4 is 0 Å². The van der Waals surface area contributed by atoms with Gasteiger partial charge >= 0.3 is 0 Å². The number of nitrogens with zero attached hydrogens (tertiary/aromatic N) is 4. The largest absolute Gasteiger partial charge is 0.377 e. The van der Waals surface area contributed by atoms with Gasteiger partial charge in [-0.1, -0.05) is 0 Å². The van der Waals surface area contributed by atoms with Gasteiger partial charge in [-0.3, -0.25) is 9.78 Å². The first-order valence-electron chi connectivity index (χ1n) is 7.79. The second kappa shape index (κ2) is 5.70. The summed E-state index contributed by atoms with van der Waals surface area (Å²) in [6, 6.07) is 3.60. The van der Waals surface area contributed by atoms with Crippen LogP contribution in [-0.4, -0.2) is 51.6 Å². The number of amides is 1. The normalized spacial score (nSPS) is 22.1. The summed E-state index contributed by atoms with van der Waals surface area (Å²) >= 11 is 0. The van der Waals surface area contributed by atoms with Crippen molar-refractivity contribution < 1.29 is 9.53 Å². The van der Waals surface area contributed by atoms with Crippen molar-refractivity contribution in [3.63, 3.8) is 0 Å². The summed E-state index contributed by atoms with van der Waals surface area (Å²) in [4.78, 5) is 26.3. The molecule has 2 saturated heterocycles. The maximum absolute atomic E-state index is 12.4. The van der Waals surface area contributed by atoms with Gasteiger partial charge in [0.2, 0.25) is 0 Å². The zero-order chi connectivity index (χ0) is 15.7. The Morgan fingerprint density at radius 1 is 1.26 bits per heavy atom. The van der Waals surface area contributed by atoms with Gasteiger partial charge in [-0.2, -0.15) is 0 Å². The van der Waals surface area contributed by atoms with Crippen LogP contribution in [0.3, 0.4) is 0 Å². The Kier molecular flexibility index (Phi) is 3.53. The topological polar surface area (TPSA) is 68.2 Å². The van der Waals surface area contributed by atoms with E-state index in [2.05, 4.69) is 15.0 Å². The number of carbonyl (C=O) groups excluding carboxylic acids is 1. The second-order valence-electron chi connectivity index (χ2n) is 6.49. The molecule has 6 nitrogen and oxygen atoms in total. The van der Waals surface area contributed by atoms with Crippen molar-refractivity contribution in [1.29, 1.82) is 0 Å². The lowest BCUT2D eigenvalue weighted by Crippen LogP contribution is -2.59. The predicted molar refractivity (Wildman–Crippen MR) is 82.7 cm³/mol. The minimum atomic E-state index is 0.0589. The third-order valence-electron chi connectivity index (χ3n) is 4.61. The molecule has 4 rings (SSSR count).